The Kier molecular flexibility index (Phi) is 10.5. The van der Waals surface area contributed by atoms with E-state index in [2.05, 4.69) is 30.8 Å². The van der Waals surface area contributed by atoms with Crippen molar-refractivity contribution in [1.29, 1.82) is 0 Å². The Morgan fingerprint density at radius 1 is 1.05 bits per heavy atom. The maximum absolute atomic E-state index is 11.9. The van der Waals surface area contributed by atoms with Crippen LogP contribution in [0.25, 0.3) is 0 Å². The molecule has 5 nitrogen and oxygen atoms in total. The highest BCUT2D eigenvalue weighted by molar-refractivity contribution is 7.87. The first kappa shape index (κ1) is 18.8. The minimum Gasteiger partial charge on any atom is -0.314 e. The van der Waals surface area contributed by atoms with E-state index in [4.69, 9.17) is 0 Å². The second kappa shape index (κ2) is 10.6. The van der Waals surface area contributed by atoms with Gasteiger partial charge < -0.3 is 5.32 Å². The summed E-state index contributed by atoms with van der Waals surface area (Å²) < 4.78 is 27.8. The summed E-state index contributed by atoms with van der Waals surface area (Å²) in [6.07, 6.45) is 5.15. The summed E-state index contributed by atoms with van der Waals surface area (Å²) in [5.41, 5.74) is 0. The summed E-state index contributed by atoms with van der Waals surface area (Å²) in [6.45, 7) is 8.23. The summed E-state index contributed by atoms with van der Waals surface area (Å²) in [5, 5.41) is 3.28. The van der Waals surface area contributed by atoms with Crippen LogP contribution in [0.1, 0.15) is 52.9 Å². The Balaban J connectivity index is 3.78. The molecule has 0 aromatic carbocycles. The molecule has 0 heterocycles. The predicted molar refractivity (Wildman–Crippen MR) is 81.5 cm³/mol. The highest BCUT2D eigenvalue weighted by atomic mass is 32.2. The van der Waals surface area contributed by atoms with E-state index in [1.807, 2.05) is 0 Å². The van der Waals surface area contributed by atoms with Gasteiger partial charge in [-0.2, -0.15) is 12.7 Å². The molecule has 0 amide bonds. The number of hydrogen-bond donors (Lipinski definition) is 2. The minimum absolute atomic E-state index is 0.443. The smallest absolute Gasteiger partial charge is 0.279 e. The van der Waals surface area contributed by atoms with Crippen LogP contribution in [0.4, 0.5) is 0 Å². The number of rotatable bonds is 12. The zero-order valence-corrected chi connectivity index (χ0v) is 13.7. The van der Waals surface area contributed by atoms with Gasteiger partial charge >= 0.3 is 0 Å². The van der Waals surface area contributed by atoms with Crippen molar-refractivity contribution in [1.82, 2.24) is 14.3 Å². The van der Waals surface area contributed by atoms with E-state index >= 15 is 0 Å². The molecule has 6 heteroatoms. The van der Waals surface area contributed by atoms with Crippen LogP contribution in [-0.2, 0) is 10.2 Å². The van der Waals surface area contributed by atoms with Gasteiger partial charge in [-0.15, -0.1) is 0 Å². The molecular weight excluding hydrogens is 262 g/mol. The molecule has 2 N–H and O–H groups in total. The summed E-state index contributed by atoms with van der Waals surface area (Å²) in [4.78, 5) is 0. The van der Waals surface area contributed by atoms with Crippen LogP contribution < -0.4 is 10.0 Å². The molecule has 0 atom stereocenters. The minimum atomic E-state index is -3.29. The van der Waals surface area contributed by atoms with Crippen LogP contribution in [0.15, 0.2) is 0 Å². The molecule has 0 aliphatic heterocycles. The first-order valence-corrected chi connectivity index (χ1v) is 8.78. The van der Waals surface area contributed by atoms with E-state index in [1.165, 1.54) is 10.7 Å². The molecule has 0 bridgehead atoms. The van der Waals surface area contributed by atoms with Crippen LogP contribution in [0.2, 0.25) is 0 Å². The maximum Gasteiger partial charge on any atom is 0.279 e. The fourth-order valence-corrected chi connectivity index (χ4v) is 2.67. The zero-order valence-electron chi connectivity index (χ0n) is 12.9. The molecule has 0 saturated carbocycles. The molecule has 0 aliphatic rings. The van der Waals surface area contributed by atoms with Gasteiger partial charge in [0.05, 0.1) is 0 Å². The molecule has 19 heavy (non-hydrogen) atoms. The molecule has 0 rings (SSSR count). The number of unbranched alkanes of at least 4 members (excludes halogenated alkanes) is 3. The second-order valence-electron chi connectivity index (χ2n) is 5.24. The van der Waals surface area contributed by atoms with Crippen LogP contribution >= 0.6 is 0 Å². The van der Waals surface area contributed by atoms with Gasteiger partial charge in [-0.25, -0.2) is 4.72 Å². The molecular formula is C13H31N3O2S. The van der Waals surface area contributed by atoms with E-state index in [0.717, 1.165) is 32.2 Å². The van der Waals surface area contributed by atoms with Crippen LogP contribution in [0.5, 0.6) is 0 Å². The first-order valence-electron chi connectivity index (χ1n) is 7.34. The second-order valence-corrected chi connectivity index (χ2v) is 7.11. The quantitative estimate of drug-likeness (QED) is 0.539. The van der Waals surface area contributed by atoms with Gasteiger partial charge in [0.25, 0.3) is 10.2 Å². The fraction of sp³-hybridized carbons (Fsp3) is 1.00. The van der Waals surface area contributed by atoms with Crippen molar-refractivity contribution in [3.8, 4) is 0 Å². The molecule has 116 valence electrons. The molecule has 0 fully saturated rings. The molecule has 0 unspecified atom stereocenters. The third-order valence-electron chi connectivity index (χ3n) is 2.93. The van der Waals surface area contributed by atoms with Crippen molar-refractivity contribution in [3.63, 3.8) is 0 Å². The van der Waals surface area contributed by atoms with Crippen molar-refractivity contribution in [2.75, 3.05) is 26.7 Å². The van der Waals surface area contributed by atoms with Gasteiger partial charge in [0.15, 0.2) is 0 Å². The fourth-order valence-electron chi connectivity index (χ4n) is 1.68. The van der Waals surface area contributed by atoms with Crippen molar-refractivity contribution in [2.45, 2.75) is 58.9 Å². The van der Waals surface area contributed by atoms with Gasteiger partial charge in [-0.3, -0.25) is 0 Å². The third kappa shape index (κ3) is 10.3. The van der Waals surface area contributed by atoms with Crippen molar-refractivity contribution >= 4 is 10.2 Å². The van der Waals surface area contributed by atoms with Crippen LogP contribution in [-0.4, -0.2) is 45.4 Å². The van der Waals surface area contributed by atoms with E-state index in [-0.39, 0.29) is 0 Å². The van der Waals surface area contributed by atoms with Crippen molar-refractivity contribution < 1.29 is 8.42 Å². The summed E-state index contributed by atoms with van der Waals surface area (Å²) in [6, 6.07) is 0.443. The highest BCUT2D eigenvalue weighted by Crippen LogP contribution is 2.00. The Hall–Kier alpha value is -0.170. The molecule has 0 spiro atoms. The monoisotopic (exact) mass is 293 g/mol. The summed E-state index contributed by atoms with van der Waals surface area (Å²) in [7, 11) is -1.66. The zero-order chi connectivity index (χ0) is 14.7. The normalized spacial score (nSPS) is 12.5. The van der Waals surface area contributed by atoms with E-state index < -0.39 is 10.2 Å². The van der Waals surface area contributed by atoms with Crippen LogP contribution in [0, 0.1) is 0 Å². The van der Waals surface area contributed by atoms with Gasteiger partial charge in [0.2, 0.25) is 0 Å². The standard InChI is InChI=1S/C13H31N3O2S/c1-5-6-7-8-11-15-19(17,18)16(4)12-9-10-14-13(2)3/h13-15H,5-12H2,1-4H3. The van der Waals surface area contributed by atoms with Gasteiger partial charge in [-0.1, -0.05) is 40.0 Å². The Morgan fingerprint density at radius 3 is 2.32 bits per heavy atom. The summed E-state index contributed by atoms with van der Waals surface area (Å²) in [5.74, 6) is 0. The molecule has 0 saturated heterocycles. The largest absolute Gasteiger partial charge is 0.314 e. The SMILES string of the molecule is CCCCCCNS(=O)(=O)N(C)CCCNC(C)C. The van der Waals surface area contributed by atoms with Gasteiger partial charge in [0.1, 0.15) is 0 Å². The lowest BCUT2D eigenvalue weighted by Crippen LogP contribution is -2.40. The number of hydrogen-bond acceptors (Lipinski definition) is 3. The Morgan fingerprint density at radius 2 is 1.74 bits per heavy atom. The van der Waals surface area contributed by atoms with Crippen molar-refractivity contribution in [2.24, 2.45) is 0 Å². The third-order valence-corrected chi connectivity index (χ3v) is 4.50. The van der Waals surface area contributed by atoms with Gasteiger partial charge in [-0.05, 0) is 19.4 Å². The lowest BCUT2D eigenvalue weighted by molar-refractivity contribution is 0.438. The maximum atomic E-state index is 11.9. The molecule has 0 radical (unpaired) electrons. The van der Waals surface area contributed by atoms with Gasteiger partial charge in [0, 0.05) is 26.2 Å². The highest BCUT2D eigenvalue weighted by Gasteiger charge is 2.15. The molecule has 0 aliphatic carbocycles. The van der Waals surface area contributed by atoms with E-state index in [0.29, 0.717) is 19.1 Å². The first-order chi connectivity index (χ1) is 8.90. The molecule has 0 aromatic heterocycles. The van der Waals surface area contributed by atoms with Crippen molar-refractivity contribution in [3.05, 3.63) is 0 Å². The topological polar surface area (TPSA) is 61.4 Å². The molecule has 0 aromatic rings. The Bertz CT molecular complexity index is 305. The lowest BCUT2D eigenvalue weighted by Gasteiger charge is -2.18. The van der Waals surface area contributed by atoms with E-state index in [9.17, 15) is 8.42 Å². The summed E-state index contributed by atoms with van der Waals surface area (Å²) >= 11 is 0. The predicted octanol–water partition coefficient (Wildman–Crippen LogP) is 1.72. The Labute approximate surface area is 119 Å². The van der Waals surface area contributed by atoms with E-state index in [1.54, 1.807) is 7.05 Å². The average molecular weight is 293 g/mol. The number of nitrogens with one attached hydrogen (secondary N) is 2. The lowest BCUT2D eigenvalue weighted by atomic mass is 10.2. The van der Waals surface area contributed by atoms with Crippen LogP contribution in [0.3, 0.4) is 0 Å². The number of nitrogens with zero attached hydrogens (tertiary/aromatic N) is 1. The average Bonchev–Trinajstić information content (AvgIpc) is 2.33.